The molecule has 1 aromatic rings. The zero-order valence-electron chi connectivity index (χ0n) is 12.7. The van der Waals surface area contributed by atoms with Gasteiger partial charge in [-0.3, -0.25) is 4.90 Å². The Bertz CT molecular complexity index is 503. The number of fused-ring (bicyclic) bond motifs is 1. The molecule has 1 aromatic carbocycles. The summed E-state index contributed by atoms with van der Waals surface area (Å²) in [7, 11) is 0. The van der Waals surface area contributed by atoms with Crippen LogP contribution < -0.4 is 15.4 Å². The van der Waals surface area contributed by atoms with E-state index in [-0.39, 0.29) is 12.1 Å². The van der Waals surface area contributed by atoms with Crippen LogP contribution in [0, 0.1) is 0 Å². The number of benzene rings is 1. The third kappa shape index (κ3) is 3.90. The van der Waals surface area contributed by atoms with E-state index in [1.54, 1.807) is 0 Å². The van der Waals surface area contributed by atoms with Gasteiger partial charge >= 0.3 is 6.03 Å². The highest BCUT2D eigenvalue weighted by Gasteiger charge is 2.22. The first-order chi connectivity index (χ1) is 10.8. The molecule has 0 saturated carbocycles. The molecule has 2 amide bonds. The summed E-state index contributed by atoms with van der Waals surface area (Å²) in [5.74, 6) is 0.868. The fraction of sp³-hybridized carbons (Fsp3) is 0.562. The number of rotatable bonds is 4. The van der Waals surface area contributed by atoms with Crippen LogP contribution in [0.25, 0.3) is 0 Å². The predicted octanol–water partition coefficient (Wildman–Crippen LogP) is 1.14. The average molecular weight is 305 g/mol. The summed E-state index contributed by atoms with van der Waals surface area (Å²) >= 11 is 0. The Morgan fingerprint density at radius 2 is 2.05 bits per heavy atom. The monoisotopic (exact) mass is 305 g/mol. The van der Waals surface area contributed by atoms with E-state index in [0.717, 1.165) is 50.6 Å². The first kappa shape index (κ1) is 15.1. The molecule has 2 aliphatic heterocycles. The van der Waals surface area contributed by atoms with Crippen LogP contribution in [-0.2, 0) is 4.74 Å². The molecule has 2 heterocycles. The molecule has 0 aliphatic carbocycles. The van der Waals surface area contributed by atoms with Gasteiger partial charge in [-0.25, -0.2) is 4.79 Å². The Labute approximate surface area is 130 Å². The molecule has 6 nitrogen and oxygen atoms in total. The van der Waals surface area contributed by atoms with Crippen molar-refractivity contribution in [2.75, 3.05) is 46.0 Å². The molecule has 1 saturated heterocycles. The number of hydrogen-bond donors (Lipinski definition) is 2. The molecule has 0 aromatic heterocycles. The van der Waals surface area contributed by atoms with Crippen molar-refractivity contribution in [2.45, 2.75) is 12.5 Å². The molecule has 6 heteroatoms. The number of nitrogens with one attached hydrogen (secondary N) is 2. The van der Waals surface area contributed by atoms with Gasteiger partial charge in [-0.05, 0) is 6.07 Å². The molecular formula is C16H23N3O3. The van der Waals surface area contributed by atoms with Gasteiger partial charge in [0.1, 0.15) is 5.75 Å². The molecule has 0 bridgehead atoms. The summed E-state index contributed by atoms with van der Waals surface area (Å²) in [5.41, 5.74) is 1.05. The quantitative estimate of drug-likeness (QED) is 0.876. The van der Waals surface area contributed by atoms with Crippen molar-refractivity contribution in [3.05, 3.63) is 29.8 Å². The number of carbonyl (C=O) groups is 1. The number of hydrogen-bond acceptors (Lipinski definition) is 4. The Morgan fingerprint density at radius 3 is 2.91 bits per heavy atom. The minimum Gasteiger partial charge on any atom is -0.493 e. The fourth-order valence-corrected chi connectivity index (χ4v) is 2.85. The summed E-state index contributed by atoms with van der Waals surface area (Å²) < 4.78 is 10.9. The van der Waals surface area contributed by atoms with Crippen LogP contribution in [0.4, 0.5) is 4.79 Å². The second-order valence-electron chi connectivity index (χ2n) is 5.58. The van der Waals surface area contributed by atoms with Gasteiger partial charge in [0.15, 0.2) is 0 Å². The minimum absolute atomic E-state index is 0.0216. The second kappa shape index (κ2) is 7.47. The molecule has 2 aliphatic rings. The minimum atomic E-state index is -0.116. The third-order valence-electron chi connectivity index (χ3n) is 4.08. The van der Waals surface area contributed by atoms with Gasteiger partial charge in [0.25, 0.3) is 0 Å². The van der Waals surface area contributed by atoms with Crippen molar-refractivity contribution in [2.24, 2.45) is 0 Å². The Hall–Kier alpha value is -1.79. The van der Waals surface area contributed by atoms with Crippen molar-refractivity contribution < 1.29 is 14.3 Å². The van der Waals surface area contributed by atoms with E-state index in [1.165, 1.54) is 0 Å². The predicted molar refractivity (Wildman–Crippen MR) is 83.1 cm³/mol. The van der Waals surface area contributed by atoms with E-state index in [0.29, 0.717) is 13.2 Å². The maximum absolute atomic E-state index is 12.1. The van der Waals surface area contributed by atoms with Crippen LogP contribution in [0.3, 0.4) is 0 Å². The normalized spacial score (nSPS) is 21.5. The third-order valence-corrected chi connectivity index (χ3v) is 4.08. The first-order valence-electron chi connectivity index (χ1n) is 7.89. The van der Waals surface area contributed by atoms with Crippen LogP contribution in [-0.4, -0.2) is 56.9 Å². The number of morpholine rings is 1. The number of nitrogens with zero attached hydrogens (tertiary/aromatic N) is 1. The highest BCUT2D eigenvalue weighted by Crippen LogP contribution is 2.31. The lowest BCUT2D eigenvalue weighted by molar-refractivity contribution is 0.0387. The maximum atomic E-state index is 12.1. The van der Waals surface area contributed by atoms with E-state index < -0.39 is 0 Å². The number of carbonyl (C=O) groups excluding carboxylic acids is 1. The van der Waals surface area contributed by atoms with Crippen LogP contribution in [0.1, 0.15) is 18.0 Å². The highest BCUT2D eigenvalue weighted by molar-refractivity contribution is 5.74. The molecular weight excluding hydrogens is 282 g/mol. The lowest BCUT2D eigenvalue weighted by atomic mass is 10.0. The standard InChI is InChI=1S/C16H23N3O3/c20-16(17-6-7-19-8-11-21-12-9-19)18-14-5-10-22-15-4-2-1-3-13(14)15/h1-4,14H,5-12H2,(H2,17,18,20)/t14-/m1/s1. The number of amides is 2. The van der Waals surface area contributed by atoms with Crippen molar-refractivity contribution in [3.8, 4) is 5.75 Å². The number of ether oxygens (including phenoxy) is 2. The van der Waals surface area contributed by atoms with Gasteiger partial charge < -0.3 is 20.1 Å². The molecule has 120 valence electrons. The molecule has 0 spiro atoms. The molecule has 2 N–H and O–H groups in total. The summed E-state index contributed by atoms with van der Waals surface area (Å²) in [5, 5.41) is 5.97. The van der Waals surface area contributed by atoms with E-state index in [4.69, 9.17) is 9.47 Å². The van der Waals surface area contributed by atoms with Gasteiger partial charge in [-0.15, -0.1) is 0 Å². The zero-order valence-corrected chi connectivity index (χ0v) is 12.7. The number of para-hydroxylation sites is 1. The van der Waals surface area contributed by atoms with Gasteiger partial charge in [-0.1, -0.05) is 18.2 Å². The largest absolute Gasteiger partial charge is 0.493 e. The van der Waals surface area contributed by atoms with Gasteiger partial charge in [-0.2, -0.15) is 0 Å². The van der Waals surface area contributed by atoms with Crippen molar-refractivity contribution >= 4 is 6.03 Å². The van der Waals surface area contributed by atoms with Crippen molar-refractivity contribution in [1.82, 2.24) is 15.5 Å². The summed E-state index contributed by atoms with van der Waals surface area (Å²) in [6.45, 7) is 5.59. The van der Waals surface area contributed by atoms with Gasteiger partial charge in [0, 0.05) is 38.2 Å². The van der Waals surface area contributed by atoms with Crippen LogP contribution in [0.5, 0.6) is 5.75 Å². The topological polar surface area (TPSA) is 62.8 Å². The van der Waals surface area contributed by atoms with Gasteiger partial charge in [0.2, 0.25) is 0 Å². The van der Waals surface area contributed by atoms with E-state index in [1.807, 2.05) is 24.3 Å². The van der Waals surface area contributed by atoms with Crippen LogP contribution in [0.2, 0.25) is 0 Å². The Morgan fingerprint density at radius 1 is 1.23 bits per heavy atom. The average Bonchev–Trinajstić information content (AvgIpc) is 2.56. The van der Waals surface area contributed by atoms with Crippen molar-refractivity contribution in [1.29, 1.82) is 0 Å². The smallest absolute Gasteiger partial charge is 0.315 e. The van der Waals surface area contributed by atoms with E-state index >= 15 is 0 Å². The Kier molecular flexibility index (Phi) is 5.13. The lowest BCUT2D eigenvalue weighted by Crippen LogP contribution is -2.44. The summed E-state index contributed by atoms with van der Waals surface area (Å²) in [4.78, 5) is 14.4. The first-order valence-corrected chi connectivity index (χ1v) is 7.89. The summed E-state index contributed by atoms with van der Waals surface area (Å²) in [6, 6.07) is 7.78. The number of urea groups is 1. The van der Waals surface area contributed by atoms with E-state index in [9.17, 15) is 4.79 Å². The molecule has 3 rings (SSSR count). The second-order valence-corrected chi connectivity index (χ2v) is 5.58. The zero-order chi connectivity index (χ0) is 15.2. The lowest BCUT2D eigenvalue weighted by Gasteiger charge is -2.28. The van der Waals surface area contributed by atoms with E-state index in [2.05, 4.69) is 15.5 Å². The molecule has 1 atom stereocenters. The highest BCUT2D eigenvalue weighted by atomic mass is 16.5. The van der Waals surface area contributed by atoms with Crippen LogP contribution >= 0.6 is 0 Å². The van der Waals surface area contributed by atoms with Crippen LogP contribution in [0.15, 0.2) is 24.3 Å². The van der Waals surface area contributed by atoms with Gasteiger partial charge in [0.05, 0.1) is 25.9 Å². The van der Waals surface area contributed by atoms with Crippen molar-refractivity contribution in [3.63, 3.8) is 0 Å². The fourth-order valence-electron chi connectivity index (χ4n) is 2.85. The molecule has 22 heavy (non-hydrogen) atoms. The Balaban J connectivity index is 1.44. The molecule has 0 radical (unpaired) electrons. The molecule has 1 fully saturated rings. The molecule has 0 unspecified atom stereocenters. The summed E-state index contributed by atoms with van der Waals surface area (Å²) in [6.07, 6.45) is 0.800. The maximum Gasteiger partial charge on any atom is 0.315 e. The SMILES string of the molecule is O=C(NCCN1CCOCC1)N[C@@H]1CCOc2ccccc21.